The van der Waals surface area contributed by atoms with E-state index in [2.05, 4.69) is 10.1 Å². The van der Waals surface area contributed by atoms with Gasteiger partial charge in [0.1, 0.15) is 23.8 Å². The predicted octanol–water partition coefficient (Wildman–Crippen LogP) is 2.51. The normalized spacial score (nSPS) is 21.7. The third-order valence-corrected chi connectivity index (χ3v) is 3.71. The SMILES string of the molecule is C[C@H]1C[C@@H](Oc2ccc3ncnn3c2)CN1C(=O)OC(C)(C)C. The van der Waals surface area contributed by atoms with E-state index in [-0.39, 0.29) is 18.2 Å². The van der Waals surface area contributed by atoms with Crippen LogP contribution in [-0.4, -0.2) is 49.9 Å². The van der Waals surface area contributed by atoms with Gasteiger partial charge in [0.2, 0.25) is 0 Å². The van der Waals surface area contributed by atoms with Crippen LogP contribution in [0.5, 0.6) is 5.75 Å². The smallest absolute Gasteiger partial charge is 0.410 e. The van der Waals surface area contributed by atoms with E-state index >= 15 is 0 Å². The molecule has 2 aromatic heterocycles. The van der Waals surface area contributed by atoms with Crippen LogP contribution in [0.2, 0.25) is 0 Å². The van der Waals surface area contributed by atoms with Crippen molar-refractivity contribution in [3.05, 3.63) is 24.7 Å². The number of hydrogen-bond donors (Lipinski definition) is 0. The first-order chi connectivity index (χ1) is 10.8. The number of carbonyl (C=O) groups is 1. The zero-order valence-electron chi connectivity index (χ0n) is 13.9. The van der Waals surface area contributed by atoms with Gasteiger partial charge in [0, 0.05) is 12.5 Å². The number of ether oxygens (including phenoxy) is 2. The molecule has 1 aliphatic rings. The van der Waals surface area contributed by atoms with E-state index in [1.165, 1.54) is 6.33 Å². The van der Waals surface area contributed by atoms with Crippen molar-refractivity contribution in [2.75, 3.05) is 6.54 Å². The molecular weight excluding hydrogens is 296 g/mol. The molecule has 7 nitrogen and oxygen atoms in total. The molecule has 0 aromatic carbocycles. The molecular formula is C16H22N4O3. The highest BCUT2D eigenvalue weighted by molar-refractivity contribution is 5.69. The largest absolute Gasteiger partial charge is 0.487 e. The van der Waals surface area contributed by atoms with Crippen molar-refractivity contribution >= 4 is 11.7 Å². The van der Waals surface area contributed by atoms with Crippen molar-refractivity contribution < 1.29 is 14.3 Å². The van der Waals surface area contributed by atoms with Crippen LogP contribution in [0.3, 0.4) is 0 Å². The Kier molecular flexibility index (Phi) is 3.87. The molecule has 1 aliphatic heterocycles. The summed E-state index contributed by atoms with van der Waals surface area (Å²) in [6, 6.07) is 3.81. The number of carbonyl (C=O) groups excluding carboxylic acids is 1. The van der Waals surface area contributed by atoms with Gasteiger partial charge in [-0.05, 0) is 39.8 Å². The van der Waals surface area contributed by atoms with Crippen LogP contribution in [0.25, 0.3) is 5.65 Å². The third kappa shape index (κ3) is 3.55. The van der Waals surface area contributed by atoms with Crippen molar-refractivity contribution in [2.24, 2.45) is 0 Å². The number of fused-ring (bicyclic) bond motifs is 1. The zero-order chi connectivity index (χ0) is 16.6. The highest BCUT2D eigenvalue weighted by Crippen LogP contribution is 2.24. The van der Waals surface area contributed by atoms with Crippen molar-refractivity contribution in [3.8, 4) is 5.75 Å². The number of aromatic nitrogens is 3. The van der Waals surface area contributed by atoms with Gasteiger partial charge >= 0.3 is 6.09 Å². The summed E-state index contributed by atoms with van der Waals surface area (Å²) < 4.78 is 13.1. The van der Waals surface area contributed by atoms with E-state index in [0.717, 1.165) is 12.1 Å². The minimum absolute atomic E-state index is 0.0570. The van der Waals surface area contributed by atoms with Crippen LogP contribution < -0.4 is 4.74 Å². The van der Waals surface area contributed by atoms with Crippen LogP contribution in [0.15, 0.2) is 24.7 Å². The average Bonchev–Trinajstić information content (AvgIpc) is 3.03. The Labute approximate surface area is 135 Å². The Hall–Kier alpha value is -2.31. The molecule has 0 aliphatic carbocycles. The molecule has 1 saturated heterocycles. The second-order valence-corrected chi connectivity index (χ2v) is 6.88. The maximum atomic E-state index is 12.2. The molecule has 2 atom stereocenters. The second kappa shape index (κ2) is 5.72. The molecule has 0 N–H and O–H groups in total. The summed E-state index contributed by atoms with van der Waals surface area (Å²) in [4.78, 5) is 18.1. The monoisotopic (exact) mass is 318 g/mol. The topological polar surface area (TPSA) is 69.0 Å². The van der Waals surface area contributed by atoms with E-state index in [1.54, 1.807) is 15.6 Å². The minimum Gasteiger partial charge on any atom is -0.487 e. The van der Waals surface area contributed by atoms with Crippen molar-refractivity contribution in [1.82, 2.24) is 19.5 Å². The van der Waals surface area contributed by atoms with E-state index in [4.69, 9.17) is 9.47 Å². The Morgan fingerprint density at radius 2 is 2.13 bits per heavy atom. The first-order valence-electron chi connectivity index (χ1n) is 7.77. The Bertz CT molecular complexity index is 707. The van der Waals surface area contributed by atoms with Gasteiger partial charge in [-0.25, -0.2) is 14.3 Å². The quantitative estimate of drug-likeness (QED) is 0.851. The van der Waals surface area contributed by atoms with Crippen LogP contribution in [-0.2, 0) is 4.74 Å². The summed E-state index contributed by atoms with van der Waals surface area (Å²) in [5, 5.41) is 4.09. The predicted molar refractivity (Wildman–Crippen MR) is 84.4 cm³/mol. The number of amides is 1. The molecule has 0 radical (unpaired) electrons. The molecule has 3 rings (SSSR count). The molecule has 0 spiro atoms. The molecule has 1 amide bonds. The fourth-order valence-electron chi connectivity index (χ4n) is 2.70. The van der Waals surface area contributed by atoms with Crippen LogP contribution in [0.1, 0.15) is 34.1 Å². The summed E-state index contributed by atoms with van der Waals surface area (Å²) in [6.45, 7) is 8.13. The molecule has 0 saturated carbocycles. The third-order valence-electron chi connectivity index (χ3n) is 3.71. The summed E-state index contributed by atoms with van der Waals surface area (Å²) >= 11 is 0. The number of likely N-dealkylation sites (tertiary alicyclic amines) is 1. The van der Waals surface area contributed by atoms with Gasteiger partial charge in [-0.1, -0.05) is 0 Å². The van der Waals surface area contributed by atoms with Crippen LogP contribution >= 0.6 is 0 Å². The number of pyridine rings is 1. The highest BCUT2D eigenvalue weighted by Gasteiger charge is 2.36. The molecule has 23 heavy (non-hydrogen) atoms. The first-order valence-corrected chi connectivity index (χ1v) is 7.77. The van der Waals surface area contributed by atoms with E-state index in [9.17, 15) is 4.79 Å². The average molecular weight is 318 g/mol. The van der Waals surface area contributed by atoms with Gasteiger partial charge < -0.3 is 14.4 Å². The van der Waals surface area contributed by atoms with Crippen molar-refractivity contribution in [1.29, 1.82) is 0 Å². The highest BCUT2D eigenvalue weighted by atomic mass is 16.6. The van der Waals surface area contributed by atoms with Crippen molar-refractivity contribution in [3.63, 3.8) is 0 Å². The fourth-order valence-corrected chi connectivity index (χ4v) is 2.70. The van der Waals surface area contributed by atoms with Gasteiger partial charge in [-0.15, -0.1) is 0 Å². The second-order valence-electron chi connectivity index (χ2n) is 6.88. The molecule has 124 valence electrons. The van der Waals surface area contributed by atoms with Crippen LogP contribution in [0, 0.1) is 0 Å². The van der Waals surface area contributed by atoms with Gasteiger partial charge in [0.05, 0.1) is 12.7 Å². The van der Waals surface area contributed by atoms with Crippen LogP contribution in [0.4, 0.5) is 4.79 Å². The molecule has 3 heterocycles. The maximum Gasteiger partial charge on any atom is 0.410 e. The van der Waals surface area contributed by atoms with Crippen molar-refractivity contribution in [2.45, 2.75) is 51.9 Å². The minimum atomic E-state index is -0.492. The molecule has 0 bridgehead atoms. The maximum absolute atomic E-state index is 12.2. The van der Waals surface area contributed by atoms with Gasteiger partial charge in [0.25, 0.3) is 0 Å². The van der Waals surface area contributed by atoms with Gasteiger partial charge in [-0.2, -0.15) is 5.10 Å². The Morgan fingerprint density at radius 1 is 1.35 bits per heavy atom. The fraction of sp³-hybridized carbons (Fsp3) is 0.562. The van der Waals surface area contributed by atoms with E-state index in [1.807, 2.05) is 39.8 Å². The summed E-state index contributed by atoms with van der Waals surface area (Å²) in [5.74, 6) is 0.714. The molecule has 0 unspecified atom stereocenters. The Morgan fingerprint density at radius 3 is 2.87 bits per heavy atom. The lowest BCUT2D eigenvalue weighted by molar-refractivity contribution is 0.0224. The molecule has 1 fully saturated rings. The summed E-state index contributed by atoms with van der Waals surface area (Å²) in [5.41, 5.74) is 0.279. The first kappa shape index (κ1) is 15.6. The standard InChI is InChI=1S/C16H22N4O3/c1-11-7-13(8-19(11)15(21)23-16(2,3)4)22-12-5-6-14-17-10-18-20(14)9-12/h5-6,9-11,13H,7-8H2,1-4H3/t11-,13+/m0/s1. The summed E-state index contributed by atoms with van der Waals surface area (Å²) in [6.07, 6.45) is 3.72. The number of rotatable bonds is 2. The lowest BCUT2D eigenvalue weighted by atomic mass is 10.2. The lowest BCUT2D eigenvalue weighted by Crippen LogP contribution is -2.39. The number of nitrogens with zero attached hydrogens (tertiary/aromatic N) is 4. The number of hydrogen-bond acceptors (Lipinski definition) is 5. The molecule has 7 heteroatoms. The Balaban J connectivity index is 1.65. The van der Waals surface area contributed by atoms with Gasteiger partial charge in [0.15, 0.2) is 5.65 Å². The van der Waals surface area contributed by atoms with E-state index < -0.39 is 5.60 Å². The zero-order valence-corrected chi connectivity index (χ0v) is 13.9. The lowest BCUT2D eigenvalue weighted by Gasteiger charge is -2.26. The van der Waals surface area contributed by atoms with Gasteiger partial charge in [-0.3, -0.25) is 0 Å². The molecule has 2 aromatic rings. The van der Waals surface area contributed by atoms with E-state index in [0.29, 0.717) is 12.3 Å². The summed E-state index contributed by atoms with van der Waals surface area (Å²) in [7, 11) is 0.